The number of halogens is 1. The van der Waals surface area contributed by atoms with Crippen LogP contribution in [-0.2, 0) is 16.0 Å². The summed E-state index contributed by atoms with van der Waals surface area (Å²) in [4.78, 5) is 24.8. The van der Waals surface area contributed by atoms with Gasteiger partial charge in [0, 0.05) is 10.9 Å². The number of ether oxygens (including phenoxy) is 2. The molecule has 1 heterocycles. The number of esters is 1. The molecule has 3 aromatic rings. The van der Waals surface area contributed by atoms with E-state index in [1.165, 1.54) is 30.6 Å². The smallest absolute Gasteiger partial charge is 0.341 e. The van der Waals surface area contributed by atoms with Crippen molar-refractivity contribution in [2.45, 2.75) is 6.42 Å². The zero-order valence-corrected chi connectivity index (χ0v) is 16.1. The van der Waals surface area contributed by atoms with Crippen LogP contribution in [0.4, 0.5) is 9.39 Å². The first kappa shape index (κ1) is 19.6. The molecule has 0 fully saturated rings. The van der Waals surface area contributed by atoms with Gasteiger partial charge in [-0.1, -0.05) is 24.3 Å². The summed E-state index contributed by atoms with van der Waals surface area (Å²) in [6.07, 6.45) is 0.147. The first-order valence-corrected chi connectivity index (χ1v) is 9.28. The second-order valence-electron chi connectivity index (χ2n) is 5.93. The Morgan fingerprint density at radius 1 is 1.04 bits per heavy atom. The van der Waals surface area contributed by atoms with Gasteiger partial charge in [0.05, 0.1) is 20.6 Å². The standard InChI is InChI=1S/C21H18FNO4S/c1-26-16-9-3-13(4-10-16)11-18(24)23-20-19(21(25)27-2)17(12-28-20)14-5-7-15(22)8-6-14/h3-10,12H,11H2,1-2H3,(H,23,24). The third-order valence-corrected chi connectivity index (χ3v) is 5.01. The molecule has 0 atom stereocenters. The van der Waals surface area contributed by atoms with Crippen LogP contribution in [0.15, 0.2) is 53.9 Å². The predicted octanol–water partition coefficient (Wildman–Crippen LogP) is 4.53. The molecule has 1 amide bonds. The molecule has 5 nitrogen and oxygen atoms in total. The van der Waals surface area contributed by atoms with Crippen LogP contribution in [0.25, 0.3) is 11.1 Å². The van der Waals surface area contributed by atoms with Gasteiger partial charge in [0.2, 0.25) is 5.91 Å². The molecule has 3 rings (SSSR count). The number of carbonyl (C=O) groups is 2. The Kier molecular flexibility index (Phi) is 6.06. The molecule has 7 heteroatoms. The molecule has 0 aliphatic carbocycles. The fourth-order valence-electron chi connectivity index (χ4n) is 2.70. The summed E-state index contributed by atoms with van der Waals surface area (Å²) in [5, 5.41) is 4.91. The maximum Gasteiger partial charge on any atom is 0.341 e. The Labute approximate surface area is 165 Å². The average molecular weight is 399 g/mol. The third kappa shape index (κ3) is 4.37. The van der Waals surface area contributed by atoms with Crippen LogP contribution >= 0.6 is 11.3 Å². The number of methoxy groups -OCH3 is 2. The Morgan fingerprint density at radius 3 is 2.32 bits per heavy atom. The number of hydrogen-bond donors (Lipinski definition) is 1. The first-order chi connectivity index (χ1) is 13.5. The van der Waals surface area contributed by atoms with E-state index in [2.05, 4.69) is 5.32 Å². The van der Waals surface area contributed by atoms with E-state index in [1.54, 1.807) is 48.9 Å². The number of carbonyl (C=O) groups excluding carboxylic acids is 2. The minimum Gasteiger partial charge on any atom is -0.497 e. The fourth-order valence-corrected chi connectivity index (χ4v) is 3.67. The zero-order valence-electron chi connectivity index (χ0n) is 15.3. The molecule has 2 aromatic carbocycles. The number of benzene rings is 2. The third-order valence-electron chi connectivity index (χ3n) is 4.11. The normalized spacial score (nSPS) is 10.4. The lowest BCUT2D eigenvalue weighted by molar-refractivity contribution is -0.115. The Hall–Kier alpha value is -3.19. The van der Waals surface area contributed by atoms with Crippen LogP contribution in [-0.4, -0.2) is 26.1 Å². The Bertz CT molecular complexity index is 981. The molecule has 0 radical (unpaired) electrons. The molecule has 1 N–H and O–H groups in total. The molecular formula is C21H18FNO4S. The molecule has 0 aliphatic rings. The topological polar surface area (TPSA) is 64.6 Å². The SMILES string of the molecule is COC(=O)c1c(-c2ccc(F)cc2)csc1NC(=O)Cc1ccc(OC)cc1. The molecule has 0 aliphatic heterocycles. The van der Waals surface area contributed by atoms with Crippen molar-refractivity contribution in [3.05, 3.63) is 70.9 Å². The molecule has 0 bridgehead atoms. The summed E-state index contributed by atoms with van der Waals surface area (Å²) in [5.41, 5.74) is 2.31. The lowest BCUT2D eigenvalue weighted by Gasteiger charge is -2.08. The van der Waals surface area contributed by atoms with Gasteiger partial charge >= 0.3 is 5.97 Å². The predicted molar refractivity (Wildman–Crippen MR) is 106 cm³/mol. The van der Waals surface area contributed by atoms with Gasteiger partial charge in [-0.15, -0.1) is 11.3 Å². The zero-order chi connectivity index (χ0) is 20.1. The summed E-state index contributed by atoms with van der Waals surface area (Å²) < 4.78 is 23.2. The number of anilines is 1. The first-order valence-electron chi connectivity index (χ1n) is 8.40. The van der Waals surface area contributed by atoms with E-state index in [9.17, 15) is 14.0 Å². The molecule has 0 spiro atoms. The highest BCUT2D eigenvalue weighted by Gasteiger charge is 2.22. The molecule has 1 aromatic heterocycles. The van der Waals surface area contributed by atoms with Crippen molar-refractivity contribution in [1.82, 2.24) is 0 Å². The maximum atomic E-state index is 13.2. The van der Waals surface area contributed by atoms with E-state index in [0.29, 0.717) is 21.9 Å². The average Bonchev–Trinajstić information content (AvgIpc) is 3.11. The van der Waals surface area contributed by atoms with Crippen LogP contribution < -0.4 is 10.1 Å². The lowest BCUT2D eigenvalue weighted by atomic mass is 10.0. The van der Waals surface area contributed by atoms with Gasteiger partial charge in [0.15, 0.2) is 0 Å². The highest BCUT2D eigenvalue weighted by Crippen LogP contribution is 2.36. The second kappa shape index (κ2) is 8.67. The summed E-state index contributed by atoms with van der Waals surface area (Å²) in [7, 11) is 2.85. The minimum absolute atomic E-state index is 0.147. The molecule has 0 saturated heterocycles. The van der Waals surface area contributed by atoms with Gasteiger partial charge in [0.1, 0.15) is 22.1 Å². The number of hydrogen-bond acceptors (Lipinski definition) is 5. The van der Waals surface area contributed by atoms with E-state index >= 15 is 0 Å². The molecule has 0 unspecified atom stereocenters. The van der Waals surface area contributed by atoms with E-state index < -0.39 is 5.97 Å². The lowest BCUT2D eigenvalue weighted by Crippen LogP contribution is -2.16. The van der Waals surface area contributed by atoms with E-state index in [4.69, 9.17) is 9.47 Å². The number of amides is 1. The Balaban J connectivity index is 1.83. The molecule has 28 heavy (non-hydrogen) atoms. The van der Waals surface area contributed by atoms with Crippen molar-refractivity contribution in [2.75, 3.05) is 19.5 Å². The molecule has 0 saturated carbocycles. The monoisotopic (exact) mass is 399 g/mol. The van der Waals surface area contributed by atoms with Crippen LogP contribution in [0.5, 0.6) is 5.75 Å². The van der Waals surface area contributed by atoms with Gasteiger partial charge in [-0.05, 0) is 35.4 Å². The maximum absolute atomic E-state index is 13.2. The van der Waals surface area contributed by atoms with Crippen LogP contribution in [0.3, 0.4) is 0 Å². The fraction of sp³-hybridized carbons (Fsp3) is 0.143. The van der Waals surface area contributed by atoms with E-state index in [0.717, 1.165) is 5.56 Å². The van der Waals surface area contributed by atoms with Crippen molar-refractivity contribution in [2.24, 2.45) is 0 Å². The number of nitrogens with one attached hydrogen (secondary N) is 1. The quantitative estimate of drug-likeness (QED) is 0.619. The van der Waals surface area contributed by atoms with Gasteiger partial charge < -0.3 is 14.8 Å². The van der Waals surface area contributed by atoms with Crippen molar-refractivity contribution in [3.8, 4) is 16.9 Å². The number of rotatable bonds is 6. The molecule has 144 valence electrons. The number of thiophene rings is 1. The van der Waals surface area contributed by atoms with Crippen LogP contribution in [0.1, 0.15) is 15.9 Å². The van der Waals surface area contributed by atoms with Crippen molar-refractivity contribution < 1.29 is 23.5 Å². The van der Waals surface area contributed by atoms with Gasteiger partial charge in [-0.3, -0.25) is 4.79 Å². The highest BCUT2D eigenvalue weighted by atomic mass is 32.1. The Morgan fingerprint density at radius 2 is 1.71 bits per heavy atom. The highest BCUT2D eigenvalue weighted by molar-refractivity contribution is 7.15. The van der Waals surface area contributed by atoms with Gasteiger partial charge in [-0.2, -0.15) is 0 Å². The summed E-state index contributed by atoms with van der Waals surface area (Å²) in [5.74, 6) is -0.492. The van der Waals surface area contributed by atoms with Crippen LogP contribution in [0.2, 0.25) is 0 Å². The van der Waals surface area contributed by atoms with E-state index in [-0.39, 0.29) is 23.7 Å². The molecular weight excluding hydrogens is 381 g/mol. The van der Waals surface area contributed by atoms with E-state index in [1.807, 2.05) is 0 Å². The van der Waals surface area contributed by atoms with Crippen molar-refractivity contribution >= 4 is 28.2 Å². The van der Waals surface area contributed by atoms with Gasteiger partial charge in [0.25, 0.3) is 0 Å². The minimum atomic E-state index is -0.569. The largest absolute Gasteiger partial charge is 0.497 e. The summed E-state index contributed by atoms with van der Waals surface area (Å²) in [6.45, 7) is 0. The summed E-state index contributed by atoms with van der Waals surface area (Å²) >= 11 is 1.22. The van der Waals surface area contributed by atoms with Crippen LogP contribution in [0, 0.1) is 5.82 Å². The van der Waals surface area contributed by atoms with Gasteiger partial charge in [-0.25, -0.2) is 9.18 Å². The summed E-state index contributed by atoms with van der Waals surface area (Å²) in [6, 6.07) is 12.9. The van der Waals surface area contributed by atoms with Crippen molar-refractivity contribution in [3.63, 3.8) is 0 Å². The second-order valence-corrected chi connectivity index (χ2v) is 6.80. The van der Waals surface area contributed by atoms with Crippen molar-refractivity contribution in [1.29, 1.82) is 0 Å².